The fraction of sp³-hybridized carbons (Fsp3) is 0.278. The highest BCUT2D eigenvalue weighted by Crippen LogP contribution is 2.08. The van der Waals surface area contributed by atoms with Crippen LogP contribution in [0, 0.1) is 0 Å². The maximum absolute atomic E-state index is 11.8. The van der Waals surface area contributed by atoms with Crippen LogP contribution in [0.15, 0.2) is 53.2 Å². The van der Waals surface area contributed by atoms with E-state index in [4.69, 9.17) is 4.42 Å². The number of benzene rings is 1. The molecule has 0 aliphatic carbocycles. The Morgan fingerprint density at radius 3 is 2.82 bits per heavy atom. The van der Waals surface area contributed by atoms with E-state index < -0.39 is 0 Å². The summed E-state index contributed by atoms with van der Waals surface area (Å²) in [5.41, 5.74) is 2.35. The first-order valence-electron chi connectivity index (χ1n) is 7.43. The van der Waals surface area contributed by atoms with Gasteiger partial charge in [-0.15, -0.1) is 0 Å². The molecule has 1 aromatic heterocycles. The number of furan rings is 1. The minimum Gasteiger partial charge on any atom is -0.465 e. The highest BCUT2D eigenvalue weighted by molar-refractivity contribution is 5.91. The molecule has 22 heavy (non-hydrogen) atoms. The number of nitrogens with zero attached hydrogens (tertiary/aromatic N) is 1. The average molecular weight is 298 g/mol. The molecule has 0 unspecified atom stereocenters. The van der Waals surface area contributed by atoms with E-state index in [1.807, 2.05) is 12.1 Å². The van der Waals surface area contributed by atoms with Crippen LogP contribution in [0.5, 0.6) is 0 Å². The van der Waals surface area contributed by atoms with E-state index in [0.29, 0.717) is 12.3 Å². The zero-order valence-corrected chi connectivity index (χ0v) is 13.1. The van der Waals surface area contributed by atoms with Crippen LogP contribution in [-0.4, -0.2) is 24.4 Å². The SMILES string of the molecule is CCN(C)Cc1cccc(CNC(=O)/C=C/c2ccco2)c1. The molecule has 0 fully saturated rings. The Kier molecular flexibility index (Phi) is 5.98. The first kappa shape index (κ1) is 16.0. The quantitative estimate of drug-likeness (QED) is 0.799. The number of rotatable bonds is 7. The maximum atomic E-state index is 11.8. The molecule has 1 amide bonds. The molecule has 0 bridgehead atoms. The first-order chi connectivity index (χ1) is 10.7. The minimum absolute atomic E-state index is 0.132. The largest absolute Gasteiger partial charge is 0.465 e. The summed E-state index contributed by atoms with van der Waals surface area (Å²) in [4.78, 5) is 14.0. The highest BCUT2D eigenvalue weighted by atomic mass is 16.3. The van der Waals surface area contributed by atoms with Crippen LogP contribution < -0.4 is 5.32 Å². The predicted octanol–water partition coefficient (Wildman–Crippen LogP) is 3.06. The second-order valence-corrected chi connectivity index (χ2v) is 5.22. The third-order valence-electron chi connectivity index (χ3n) is 3.39. The van der Waals surface area contributed by atoms with Gasteiger partial charge in [0.1, 0.15) is 5.76 Å². The van der Waals surface area contributed by atoms with Crippen molar-refractivity contribution in [2.75, 3.05) is 13.6 Å². The van der Waals surface area contributed by atoms with Crippen LogP contribution >= 0.6 is 0 Å². The summed E-state index contributed by atoms with van der Waals surface area (Å²) in [5.74, 6) is 0.534. The molecule has 2 rings (SSSR count). The molecule has 0 atom stereocenters. The van der Waals surface area contributed by atoms with Gasteiger partial charge in [0.25, 0.3) is 0 Å². The molecule has 0 spiro atoms. The minimum atomic E-state index is -0.132. The number of hydrogen-bond donors (Lipinski definition) is 1. The van der Waals surface area contributed by atoms with E-state index in [0.717, 1.165) is 18.7 Å². The second-order valence-electron chi connectivity index (χ2n) is 5.22. The van der Waals surface area contributed by atoms with Crippen LogP contribution in [-0.2, 0) is 17.9 Å². The Morgan fingerprint density at radius 2 is 2.09 bits per heavy atom. The van der Waals surface area contributed by atoms with Crippen molar-refractivity contribution in [3.8, 4) is 0 Å². The Balaban J connectivity index is 1.85. The third-order valence-corrected chi connectivity index (χ3v) is 3.39. The number of carbonyl (C=O) groups excluding carboxylic acids is 1. The summed E-state index contributed by atoms with van der Waals surface area (Å²) < 4.78 is 5.14. The van der Waals surface area contributed by atoms with Gasteiger partial charge in [-0.25, -0.2) is 0 Å². The molecule has 1 heterocycles. The molecule has 0 saturated carbocycles. The van der Waals surface area contributed by atoms with Crippen LogP contribution in [0.25, 0.3) is 6.08 Å². The van der Waals surface area contributed by atoms with Gasteiger partial charge in [-0.2, -0.15) is 0 Å². The number of hydrogen-bond acceptors (Lipinski definition) is 3. The van der Waals surface area contributed by atoms with Crippen molar-refractivity contribution in [2.24, 2.45) is 0 Å². The molecular weight excluding hydrogens is 276 g/mol. The van der Waals surface area contributed by atoms with Gasteiger partial charge in [0.2, 0.25) is 5.91 Å². The zero-order chi connectivity index (χ0) is 15.8. The molecule has 0 aliphatic rings. The second kappa shape index (κ2) is 8.20. The monoisotopic (exact) mass is 298 g/mol. The van der Waals surface area contributed by atoms with Crippen LogP contribution in [0.3, 0.4) is 0 Å². The molecule has 2 aromatic rings. The molecule has 1 N–H and O–H groups in total. The van der Waals surface area contributed by atoms with Crippen LogP contribution in [0.4, 0.5) is 0 Å². The molecule has 4 heteroatoms. The van der Waals surface area contributed by atoms with Gasteiger partial charge < -0.3 is 14.6 Å². The lowest BCUT2D eigenvalue weighted by Crippen LogP contribution is -2.20. The summed E-state index contributed by atoms with van der Waals surface area (Å²) in [7, 11) is 2.09. The van der Waals surface area contributed by atoms with Gasteiger partial charge in [-0.3, -0.25) is 4.79 Å². The topological polar surface area (TPSA) is 45.5 Å². The van der Waals surface area contributed by atoms with Crippen molar-refractivity contribution >= 4 is 12.0 Å². The van der Waals surface area contributed by atoms with Crippen molar-refractivity contribution in [1.29, 1.82) is 0 Å². The van der Waals surface area contributed by atoms with Gasteiger partial charge in [0.15, 0.2) is 0 Å². The third kappa shape index (κ3) is 5.22. The van der Waals surface area contributed by atoms with Crippen molar-refractivity contribution in [2.45, 2.75) is 20.0 Å². The van der Waals surface area contributed by atoms with E-state index in [9.17, 15) is 4.79 Å². The van der Waals surface area contributed by atoms with Gasteiger partial charge in [-0.05, 0) is 42.9 Å². The van der Waals surface area contributed by atoms with E-state index >= 15 is 0 Å². The fourth-order valence-electron chi connectivity index (χ4n) is 2.05. The molecule has 0 saturated heterocycles. The van der Waals surface area contributed by atoms with Gasteiger partial charge in [-0.1, -0.05) is 31.2 Å². The summed E-state index contributed by atoms with van der Waals surface area (Å²) in [6.45, 7) is 4.58. The predicted molar refractivity (Wildman–Crippen MR) is 88.0 cm³/mol. The van der Waals surface area contributed by atoms with Crippen molar-refractivity contribution < 1.29 is 9.21 Å². The van der Waals surface area contributed by atoms with E-state index in [1.54, 1.807) is 24.5 Å². The Hall–Kier alpha value is -2.33. The van der Waals surface area contributed by atoms with Crippen molar-refractivity contribution in [3.63, 3.8) is 0 Å². The Morgan fingerprint density at radius 1 is 1.27 bits per heavy atom. The normalized spacial score (nSPS) is 11.2. The van der Waals surface area contributed by atoms with E-state index in [-0.39, 0.29) is 5.91 Å². The smallest absolute Gasteiger partial charge is 0.244 e. The number of amides is 1. The molecule has 0 radical (unpaired) electrons. The molecular formula is C18H22N2O2. The van der Waals surface area contributed by atoms with Crippen LogP contribution in [0.1, 0.15) is 23.8 Å². The Bertz CT molecular complexity index is 618. The van der Waals surface area contributed by atoms with E-state index in [2.05, 4.69) is 36.3 Å². The van der Waals surface area contributed by atoms with Crippen molar-refractivity contribution in [1.82, 2.24) is 10.2 Å². The van der Waals surface area contributed by atoms with Gasteiger partial charge in [0.05, 0.1) is 6.26 Å². The summed E-state index contributed by atoms with van der Waals surface area (Å²) in [5, 5.41) is 2.87. The lowest BCUT2D eigenvalue weighted by atomic mass is 10.1. The standard InChI is InChI=1S/C18H22N2O2/c1-3-20(2)14-16-7-4-6-15(12-16)13-19-18(21)10-9-17-8-5-11-22-17/h4-12H,3,13-14H2,1-2H3,(H,19,21)/b10-9+. The molecule has 4 nitrogen and oxygen atoms in total. The molecule has 0 aliphatic heterocycles. The van der Waals surface area contributed by atoms with E-state index in [1.165, 1.54) is 11.6 Å². The zero-order valence-electron chi connectivity index (χ0n) is 13.1. The average Bonchev–Trinajstić information content (AvgIpc) is 3.04. The van der Waals surface area contributed by atoms with Crippen LogP contribution in [0.2, 0.25) is 0 Å². The summed E-state index contributed by atoms with van der Waals surface area (Å²) in [6.07, 6.45) is 4.71. The van der Waals surface area contributed by atoms with Gasteiger partial charge >= 0.3 is 0 Å². The number of nitrogens with one attached hydrogen (secondary N) is 1. The highest BCUT2D eigenvalue weighted by Gasteiger charge is 2.01. The first-order valence-corrected chi connectivity index (χ1v) is 7.43. The summed E-state index contributed by atoms with van der Waals surface area (Å²) >= 11 is 0. The maximum Gasteiger partial charge on any atom is 0.244 e. The number of carbonyl (C=O) groups is 1. The lowest BCUT2D eigenvalue weighted by Gasteiger charge is -2.14. The van der Waals surface area contributed by atoms with Crippen molar-refractivity contribution in [3.05, 3.63) is 65.6 Å². The van der Waals surface area contributed by atoms with Gasteiger partial charge in [0, 0.05) is 19.2 Å². The fourth-order valence-corrected chi connectivity index (χ4v) is 2.05. The summed E-state index contributed by atoms with van der Waals surface area (Å²) in [6, 6.07) is 11.9. The molecule has 1 aromatic carbocycles. The Labute approximate surface area is 131 Å². The lowest BCUT2D eigenvalue weighted by molar-refractivity contribution is -0.116. The molecule has 116 valence electrons.